The molecule has 0 bridgehead atoms. The van der Waals surface area contributed by atoms with Crippen LogP contribution in [0.25, 0.3) is 0 Å². The third-order valence-electron chi connectivity index (χ3n) is 2.37. The van der Waals surface area contributed by atoms with Crippen molar-refractivity contribution >= 4 is 23.3 Å². The molecule has 1 aromatic carbocycles. The topological polar surface area (TPSA) is 62.5 Å². The molecule has 0 aliphatic heterocycles. The molecule has 0 atom stereocenters. The van der Waals surface area contributed by atoms with E-state index in [0.29, 0.717) is 11.8 Å². The molecule has 2 N–H and O–H groups in total. The molecule has 1 aromatic heterocycles. The van der Waals surface area contributed by atoms with Crippen LogP contribution >= 0.6 is 11.6 Å². The standard InChI is InChI=1S/C12H8ClF2NO3/c13-11-2-1-6(19-11)5-16-10-3-7(12(17)18)8(14)4-9(10)15/h1-4,16H,5H2,(H,17,18). The van der Waals surface area contributed by atoms with Crippen molar-refractivity contribution in [2.45, 2.75) is 6.54 Å². The van der Waals surface area contributed by atoms with E-state index in [1.54, 1.807) is 6.07 Å². The lowest BCUT2D eigenvalue weighted by atomic mass is 10.1. The van der Waals surface area contributed by atoms with Gasteiger partial charge in [0, 0.05) is 6.07 Å². The van der Waals surface area contributed by atoms with E-state index in [9.17, 15) is 13.6 Å². The Bertz CT molecular complexity index is 627. The molecule has 100 valence electrons. The number of furan rings is 1. The van der Waals surface area contributed by atoms with Crippen LogP contribution < -0.4 is 5.32 Å². The highest BCUT2D eigenvalue weighted by atomic mass is 35.5. The second-order valence-electron chi connectivity index (χ2n) is 3.68. The largest absolute Gasteiger partial charge is 0.478 e. The van der Waals surface area contributed by atoms with E-state index in [4.69, 9.17) is 21.1 Å². The Morgan fingerprint density at radius 3 is 2.63 bits per heavy atom. The maximum atomic E-state index is 13.4. The number of carboxylic acids is 1. The minimum Gasteiger partial charge on any atom is -0.478 e. The zero-order valence-corrected chi connectivity index (χ0v) is 10.2. The molecule has 4 nitrogen and oxygen atoms in total. The van der Waals surface area contributed by atoms with Gasteiger partial charge in [0.1, 0.15) is 17.4 Å². The molecular formula is C12H8ClF2NO3. The Labute approximate surface area is 111 Å². The number of hydrogen-bond donors (Lipinski definition) is 2. The van der Waals surface area contributed by atoms with Gasteiger partial charge in [0.15, 0.2) is 5.22 Å². The summed E-state index contributed by atoms with van der Waals surface area (Å²) in [5.41, 5.74) is -0.743. The van der Waals surface area contributed by atoms with Gasteiger partial charge in [-0.1, -0.05) is 0 Å². The molecule has 2 aromatic rings. The van der Waals surface area contributed by atoms with Crippen LogP contribution in [-0.2, 0) is 6.54 Å². The van der Waals surface area contributed by atoms with Crippen LogP contribution in [-0.4, -0.2) is 11.1 Å². The Morgan fingerprint density at radius 1 is 1.32 bits per heavy atom. The van der Waals surface area contributed by atoms with E-state index in [0.717, 1.165) is 6.07 Å². The van der Waals surface area contributed by atoms with Crippen molar-refractivity contribution < 1.29 is 23.1 Å². The smallest absolute Gasteiger partial charge is 0.338 e. The predicted molar refractivity (Wildman–Crippen MR) is 64.4 cm³/mol. The number of carbonyl (C=O) groups is 1. The van der Waals surface area contributed by atoms with Gasteiger partial charge in [-0.25, -0.2) is 13.6 Å². The highest BCUT2D eigenvalue weighted by Gasteiger charge is 2.15. The van der Waals surface area contributed by atoms with Crippen LogP contribution in [0, 0.1) is 11.6 Å². The summed E-state index contributed by atoms with van der Waals surface area (Å²) in [6.07, 6.45) is 0. The molecule has 0 fully saturated rings. The maximum absolute atomic E-state index is 13.4. The van der Waals surface area contributed by atoms with Gasteiger partial charge in [-0.2, -0.15) is 0 Å². The first-order chi connectivity index (χ1) is 8.97. The van der Waals surface area contributed by atoms with Crippen LogP contribution in [0.2, 0.25) is 5.22 Å². The van der Waals surface area contributed by atoms with Gasteiger partial charge in [0.25, 0.3) is 0 Å². The van der Waals surface area contributed by atoms with E-state index in [2.05, 4.69) is 5.32 Å². The zero-order valence-electron chi connectivity index (χ0n) is 9.41. The van der Waals surface area contributed by atoms with Gasteiger partial charge in [0.05, 0.1) is 17.8 Å². The molecule has 7 heteroatoms. The Hall–Kier alpha value is -2.08. The summed E-state index contributed by atoms with van der Waals surface area (Å²) in [5.74, 6) is -3.05. The Kier molecular flexibility index (Phi) is 3.71. The van der Waals surface area contributed by atoms with E-state index in [1.807, 2.05) is 0 Å². The summed E-state index contributed by atoms with van der Waals surface area (Å²) in [6, 6.07) is 4.50. The summed E-state index contributed by atoms with van der Waals surface area (Å²) < 4.78 is 31.6. The van der Waals surface area contributed by atoms with E-state index in [-0.39, 0.29) is 17.5 Å². The summed E-state index contributed by atoms with van der Waals surface area (Å²) in [5, 5.41) is 11.5. The molecule has 0 saturated heterocycles. The van der Waals surface area contributed by atoms with Crippen molar-refractivity contribution in [3.8, 4) is 0 Å². The average Bonchev–Trinajstić information content (AvgIpc) is 2.73. The Morgan fingerprint density at radius 2 is 2.05 bits per heavy atom. The van der Waals surface area contributed by atoms with Crippen molar-refractivity contribution in [2.24, 2.45) is 0 Å². The summed E-state index contributed by atoms with van der Waals surface area (Å²) >= 11 is 5.57. The van der Waals surface area contributed by atoms with E-state index >= 15 is 0 Å². The third kappa shape index (κ3) is 3.03. The van der Waals surface area contributed by atoms with Crippen molar-refractivity contribution in [1.29, 1.82) is 0 Å². The minimum absolute atomic E-state index is 0.0916. The third-order valence-corrected chi connectivity index (χ3v) is 2.57. The second kappa shape index (κ2) is 5.27. The molecule has 0 spiro atoms. The summed E-state index contributed by atoms with van der Waals surface area (Å²) in [4.78, 5) is 10.7. The number of nitrogens with one attached hydrogen (secondary N) is 1. The molecule has 0 aliphatic rings. The molecule has 1 heterocycles. The molecule has 0 saturated carbocycles. The van der Waals surface area contributed by atoms with Gasteiger partial charge in [-0.05, 0) is 29.8 Å². The van der Waals surface area contributed by atoms with Gasteiger partial charge < -0.3 is 14.8 Å². The number of rotatable bonds is 4. The highest BCUT2D eigenvalue weighted by molar-refractivity contribution is 6.28. The lowest BCUT2D eigenvalue weighted by molar-refractivity contribution is 0.0692. The first-order valence-corrected chi connectivity index (χ1v) is 5.55. The van der Waals surface area contributed by atoms with Crippen LogP contribution in [0.3, 0.4) is 0 Å². The van der Waals surface area contributed by atoms with Crippen LogP contribution in [0.15, 0.2) is 28.7 Å². The zero-order chi connectivity index (χ0) is 14.0. The second-order valence-corrected chi connectivity index (χ2v) is 4.05. The number of hydrogen-bond acceptors (Lipinski definition) is 3. The number of halogens is 3. The molecule has 0 radical (unpaired) electrons. The lowest BCUT2D eigenvalue weighted by Gasteiger charge is -2.07. The summed E-state index contributed by atoms with van der Waals surface area (Å²) in [7, 11) is 0. The fourth-order valence-electron chi connectivity index (χ4n) is 1.48. The number of benzene rings is 1. The fraction of sp³-hybridized carbons (Fsp3) is 0.0833. The van der Waals surface area contributed by atoms with Crippen molar-refractivity contribution in [3.63, 3.8) is 0 Å². The van der Waals surface area contributed by atoms with Crippen LogP contribution in [0.5, 0.6) is 0 Å². The average molecular weight is 288 g/mol. The molecule has 2 rings (SSSR count). The molecular weight excluding hydrogens is 280 g/mol. The highest BCUT2D eigenvalue weighted by Crippen LogP contribution is 2.21. The predicted octanol–water partition coefficient (Wildman–Crippen LogP) is 3.52. The van der Waals surface area contributed by atoms with E-state index < -0.39 is 23.2 Å². The van der Waals surface area contributed by atoms with Crippen molar-refractivity contribution in [1.82, 2.24) is 0 Å². The Balaban J connectivity index is 2.20. The minimum atomic E-state index is -1.47. The first-order valence-electron chi connectivity index (χ1n) is 5.18. The summed E-state index contributed by atoms with van der Waals surface area (Å²) in [6.45, 7) is 0.0916. The van der Waals surface area contributed by atoms with Crippen molar-refractivity contribution in [2.75, 3.05) is 5.32 Å². The monoisotopic (exact) mass is 287 g/mol. The normalized spacial score (nSPS) is 10.5. The van der Waals surface area contributed by atoms with Crippen LogP contribution in [0.4, 0.5) is 14.5 Å². The molecule has 19 heavy (non-hydrogen) atoms. The first kappa shape index (κ1) is 13.4. The lowest BCUT2D eigenvalue weighted by Crippen LogP contribution is -2.06. The molecule has 0 amide bonds. The number of aromatic carboxylic acids is 1. The quantitative estimate of drug-likeness (QED) is 0.903. The number of carboxylic acid groups (broad SMARTS) is 1. The van der Waals surface area contributed by atoms with Crippen LogP contribution in [0.1, 0.15) is 16.1 Å². The van der Waals surface area contributed by atoms with Gasteiger partial charge >= 0.3 is 5.97 Å². The van der Waals surface area contributed by atoms with Gasteiger partial charge in [0.2, 0.25) is 0 Å². The van der Waals surface area contributed by atoms with Crippen molar-refractivity contribution in [3.05, 3.63) is 52.4 Å². The molecule has 0 aliphatic carbocycles. The SMILES string of the molecule is O=C(O)c1cc(NCc2ccc(Cl)o2)c(F)cc1F. The molecule has 0 unspecified atom stereocenters. The fourth-order valence-corrected chi connectivity index (χ4v) is 1.64. The number of anilines is 1. The van der Waals surface area contributed by atoms with Gasteiger partial charge in [-0.15, -0.1) is 0 Å². The van der Waals surface area contributed by atoms with E-state index in [1.165, 1.54) is 6.07 Å². The maximum Gasteiger partial charge on any atom is 0.338 e. The van der Waals surface area contributed by atoms with Gasteiger partial charge in [-0.3, -0.25) is 0 Å².